The zero-order valence-electron chi connectivity index (χ0n) is 10.2. The molecule has 4 heteroatoms. The lowest BCUT2D eigenvalue weighted by molar-refractivity contribution is -0.179. The maximum atomic E-state index is 13.6. The van der Waals surface area contributed by atoms with Gasteiger partial charge in [0.05, 0.1) is 0 Å². The molecule has 18 heavy (non-hydrogen) atoms. The fourth-order valence-corrected chi connectivity index (χ4v) is 3.93. The van der Waals surface area contributed by atoms with Crippen LogP contribution in [0, 0.1) is 18.2 Å². The van der Waals surface area contributed by atoms with E-state index in [1.54, 1.807) is 13.0 Å². The highest BCUT2D eigenvalue weighted by atomic mass is 19.1. The first kappa shape index (κ1) is 11.7. The second-order valence-corrected chi connectivity index (χ2v) is 5.90. The van der Waals surface area contributed by atoms with Crippen molar-refractivity contribution in [2.45, 2.75) is 37.6 Å². The molecule has 3 fully saturated rings. The molecule has 3 aliphatic rings. The number of carboxylic acids is 1. The number of carbonyl (C=O) groups is 1. The molecule has 3 N–H and O–H groups in total. The molecular formula is C14H16FNO2. The van der Waals surface area contributed by atoms with Gasteiger partial charge in [0.2, 0.25) is 0 Å². The standard InChI is InChI=1S/C14H16FNO2/c1-8-9(3-2-4-10(8)15)13-5-14(6-13,7-13)11(16)12(17)18/h2-4,11H,5-7,16H2,1H3,(H,17,18). The van der Waals surface area contributed by atoms with E-state index in [-0.39, 0.29) is 16.6 Å². The van der Waals surface area contributed by atoms with Gasteiger partial charge in [0.1, 0.15) is 11.9 Å². The van der Waals surface area contributed by atoms with E-state index in [1.165, 1.54) is 6.07 Å². The molecule has 0 spiro atoms. The summed E-state index contributed by atoms with van der Waals surface area (Å²) >= 11 is 0. The van der Waals surface area contributed by atoms with Crippen LogP contribution < -0.4 is 5.73 Å². The van der Waals surface area contributed by atoms with Gasteiger partial charge in [0, 0.05) is 0 Å². The number of hydrogen-bond donors (Lipinski definition) is 2. The minimum Gasteiger partial charge on any atom is -0.480 e. The topological polar surface area (TPSA) is 63.3 Å². The van der Waals surface area contributed by atoms with Crippen LogP contribution in [0.25, 0.3) is 0 Å². The summed E-state index contributed by atoms with van der Waals surface area (Å²) in [4.78, 5) is 10.9. The number of benzene rings is 1. The summed E-state index contributed by atoms with van der Waals surface area (Å²) in [6.07, 6.45) is 2.33. The third-order valence-electron chi connectivity index (χ3n) is 4.84. The second-order valence-electron chi connectivity index (χ2n) is 5.90. The highest BCUT2D eigenvalue weighted by Gasteiger charge is 2.71. The van der Waals surface area contributed by atoms with Crippen molar-refractivity contribution in [3.8, 4) is 0 Å². The predicted molar refractivity (Wildman–Crippen MR) is 64.7 cm³/mol. The maximum Gasteiger partial charge on any atom is 0.321 e. The number of halogens is 1. The van der Waals surface area contributed by atoms with Gasteiger partial charge in [-0.3, -0.25) is 4.79 Å². The molecule has 0 saturated heterocycles. The van der Waals surface area contributed by atoms with E-state index in [4.69, 9.17) is 10.8 Å². The molecule has 1 atom stereocenters. The van der Waals surface area contributed by atoms with E-state index in [0.29, 0.717) is 5.56 Å². The molecule has 0 heterocycles. The van der Waals surface area contributed by atoms with Gasteiger partial charge in [0.15, 0.2) is 0 Å². The SMILES string of the molecule is Cc1c(F)cccc1C12CC(C(N)C(=O)O)(C1)C2. The maximum absolute atomic E-state index is 13.6. The van der Waals surface area contributed by atoms with Crippen LogP contribution in [0.15, 0.2) is 18.2 Å². The zero-order chi connectivity index (χ0) is 13.1. The monoisotopic (exact) mass is 249 g/mol. The van der Waals surface area contributed by atoms with Crippen molar-refractivity contribution in [2.75, 3.05) is 0 Å². The Morgan fingerprint density at radius 2 is 2.06 bits per heavy atom. The molecular weight excluding hydrogens is 233 g/mol. The Hall–Kier alpha value is -1.42. The molecule has 3 saturated carbocycles. The quantitative estimate of drug-likeness (QED) is 0.860. The first-order valence-electron chi connectivity index (χ1n) is 6.14. The summed E-state index contributed by atoms with van der Waals surface area (Å²) in [5, 5.41) is 8.98. The summed E-state index contributed by atoms with van der Waals surface area (Å²) < 4.78 is 13.6. The molecule has 4 rings (SSSR count). The lowest BCUT2D eigenvalue weighted by Gasteiger charge is -2.72. The van der Waals surface area contributed by atoms with Crippen LogP contribution in [-0.2, 0) is 10.2 Å². The van der Waals surface area contributed by atoms with Crippen molar-refractivity contribution in [3.05, 3.63) is 35.1 Å². The van der Waals surface area contributed by atoms with Crippen molar-refractivity contribution in [1.29, 1.82) is 0 Å². The van der Waals surface area contributed by atoms with Gasteiger partial charge in [-0.05, 0) is 54.2 Å². The lowest BCUT2D eigenvalue weighted by atomic mass is 9.31. The Morgan fingerprint density at radius 1 is 1.44 bits per heavy atom. The number of rotatable bonds is 3. The number of aliphatic carboxylic acids is 1. The molecule has 3 nitrogen and oxygen atoms in total. The Labute approximate surface area is 105 Å². The highest BCUT2D eigenvalue weighted by molar-refractivity contribution is 5.76. The van der Waals surface area contributed by atoms with Crippen LogP contribution in [0.3, 0.4) is 0 Å². The summed E-state index contributed by atoms with van der Waals surface area (Å²) in [7, 11) is 0. The molecule has 1 unspecified atom stereocenters. The van der Waals surface area contributed by atoms with Crippen LogP contribution in [0.1, 0.15) is 30.4 Å². The van der Waals surface area contributed by atoms with Crippen LogP contribution in [-0.4, -0.2) is 17.1 Å². The molecule has 0 aliphatic heterocycles. The van der Waals surface area contributed by atoms with Gasteiger partial charge < -0.3 is 10.8 Å². The number of hydrogen-bond acceptors (Lipinski definition) is 2. The highest BCUT2D eigenvalue weighted by Crippen LogP contribution is 2.75. The molecule has 0 amide bonds. The Balaban J connectivity index is 1.84. The summed E-state index contributed by atoms with van der Waals surface area (Å²) in [6, 6.07) is 4.35. The van der Waals surface area contributed by atoms with Crippen molar-refractivity contribution >= 4 is 5.97 Å². The van der Waals surface area contributed by atoms with Crippen LogP contribution in [0.5, 0.6) is 0 Å². The molecule has 1 aromatic rings. The average Bonchev–Trinajstić information content (AvgIpc) is 2.20. The van der Waals surface area contributed by atoms with Crippen molar-refractivity contribution in [1.82, 2.24) is 0 Å². The molecule has 96 valence electrons. The van der Waals surface area contributed by atoms with Crippen LogP contribution in [0.2, 0.25) is 0 Å². The van der Waals surface area contributed by atoms with Crippen molar-refractivity contribution in [3.63, 3.8) is 0 Å². The minimum atomic E-state index is -0.931. The van der Waals surface area contributed by atoms with E-state index < -0.39 is 12.0 Å². The second kappa shape index (κ2) is 3.32. The summed E-state index contributed by atoms with van der Waals surface area (Å²) in [6.45, 7) is 1.79. The van der Waals surface area contributed by atoms with E-state index in [0.717, 1.165) is 24.8 Å². The fourth-order valence-electron chi connectivity index (χ4n) is 3.93. The number of nitrogens with two attached hydrogens (primary N) is 1. The molecule has 3 aliphatic carbocycles. The van der Waals surface area contributed by atoms with Gasteiger partial charge >= 0.3 is 5.97 Å². The Bertz CT molecular complexity index is 521. The predicted octanol–water partition coefficient (Wildman–Crippen LogP) is 1.97. The normalized spacial score (nSPS) is 34.4. The van der Waals surface area contributed by atoms with E-state index in [2.05, 4.69) is 0 Å². The zero-order valence-corrected chi connectivity index (χ0v) is 10.2. The van der Waals surface area contributed by atoms with Gasteiger partial charge in [-0.15, -0.1) is 0 Å². The van der Waals surface area contributed by atoms with E-state index in [9.17, 15) is 9.18 Å². The summed E-state index contributed by atoms with van der Waals surface area (Å²) in [5.74, 6) is -1.12. The molecule has 0 radical (unpaired) electrons. The van der Waals surface area contributed by atoms with Gasteiger partial charge in [-0.2, -0.15) is 0 Å². The third-order valence-corrected chi connectivity index (χ3v) is 4.84. The first-order chi connectivity index (χ1) is 8.40. The van der Waals surface area contributed by atoms with Crippen molar-refractivity contribution < 1.29 is 14.3 Å². The van der Waals surface area contributed by atoms with E-state index in [1.807, 2.05) is 6.07 Å². The minimum absolute atomic E-state index is 0.0146. The van der Waals surface area contributed by atoms with Gasteiger partial charge in [-0.1, -0.05) is 12.1 Å². The first-order valence-corrected chi connectivity index (χ1v) is 6.14. The van der Waals surface area contributed by atoms with Gasteiger partial charge in [-0.25, -0.2) is 4.39 Å². The van der Waals surface area contributed by atoms with Crippen LogP contribution >= 0.6 is 0 Å². The summed E-state index contributed by atoms with van der Waals surface area (Å²) in [5.41, 5.74) is 7.18. The van der Waals surface area contributed by atoms with E-state index >= 15 is 0 Å². The largest absolute Gasteiger partial charge is 0.480 e. The molecule has 1 aromatic carbocycles. The third kappa shape index (κ3) is 1.24. The van der Waals surface area contributed by atoms with Gasteiger partial charge in [0.25, 0.3) is 0 Å². The lowest BCUT2D eigenvalue weighted by Crippen LogP contribution is -2.72. The Morgan fingerprint density at radius 3 is 2.61 bits per heavy atom. The molecule has 0 aromatic heterocycles. The number of carboxylic acid groups (broad SMARTS) is 1. The molecule has 2 bridgehead atoms. The average molecular weight is 249 g/mol. The smallest absolute Gasteiger partial charge is 0.321 e. The van der Waals surface area contributed by atoms with Crippen molar-refractivity contribution in [2.24, 2.45) is 11.1 Å². The Kier molecular flexibility index (Phi) is 2.15. The fraction of sp³-hybridized carbons (Fsp3) is 0.500. The van der Waals surface area contributed by atoms with Crippen LogP contribution in [0.4, 0.5) is 4.39 Å².